The van der Waals surface area contributed by atoms with E-state index in [4.69, 9.17) is 0 Å². The van der Waals surface area contributed by atoms with Crippen molar-refractivity contribution in [1.29, 1.82) is 0 Å². The lowest BCUT2D eigenvalue weighted by Crippen LogP contribution is -2.21. The van der Waals surface area contributed by atoms with E-state index in [9.17, 15) is 4.79 Å². The summed E-state index contributed by atoms with van der Waals surface area (Å²) in [6, 6.07) is 0. The van der Waals surface area contributed by atoms with E-state index < -0.39 is 0 Å². The first-order chi connectivity index (χ1) is 7.34. The number of halogens is 1. The van der Waals surface area contributed by atoms with E-state index >= 15 is 0 Å². The van der Waals surface area contributed by atoms with Gasteiger partial charge in [0.25, 0.3) is 5.91 Å². The Morgan fingerprint density at radius 2 is 1.94 bits per heavy atom. The molecule has 1 aromatic heterocycles. The van der Waals surface area contributed by atoms with Gasteiger partial charge in [-0.25, -0.2) is 0 Å². The predicted molar refractivity (Wildman–Crippen MR) is 73.2 cm³/mol. The Morgan fingerprint density at radius 3 is 2.38 bits per heavy atom. The fourth-order valence-electron chi connectivity index (χ4n) is 1.23. The third-order valence-corrected chi connectivity index (χ3v) is 3.93. The van der Waals surface area contributed by atoms with Crippen LogP contribution in [-0.2, 0) is 0 Å². The first-order valence-corrected chi connectivity index (χ1v) is 6.48. The number of carbonyl (C=O) groups is 1. The molecule has 0 spiro atoms. The van der Waals surface area contributed by atoms with Crippen molar-refractivity contribution >= 4 is 44.6 Å². The largest absolute Gasteiger partial charge is 0.344 e. The van der Waals surface area contributed by atoms with Gasteiger partial charge in [-0.15, -0.1) is 11.3 Å². The average Bonchev–Trinajstić information content (AvgIpc) is 2.44. The number of rotatable bonds is 2. The summed E-state index contributed by atoms with van der Waals surface area (Å²) >= 11 is 4.89. The van der Waals surface area contributed by atoms with Crippen LogP contribution < -0.4 is 0 Å². The van der Waals surface area contributed by atoms with Gasteiger partial charge in [-0.05, 0) is 42.3 Å². The maximum absolute atomic E-state index is 11.9. The van der Waals surface area contributed by atoms with Crippen LogP contribution in [-0.4, -0.2) is 30.6 Å². The molecule has 1 heterocycles. The van der Waals surface area contributed by atoms with Crippen LogP contribution in [0.4, 0.5) is 5.69 Å². The molecule has 88 valence electrons. The van der Waals surface area contributed by atoms with Crippen LogP contribution in [0, 0.1) is 6.92 Å². The molecule has 0 atom stereocenters. The highest BCUT2D eigenvalue weighted by Gasteiger charge is 2.19. The summed E-state index contributed by atoms with van der Waals surface area (Å²) in [4.78, 5) is 18.6. The van der Waals surface area contributed by atoms with Gasteiger partial charge < -0.3 is 4.90 Å². The molecule has 0 saturated heterocycles. The van der Waals surface area contributed by atoms with Gasteiger partial charge in [0, 0.05) is 19.8 Å². The SMILES string of the molecule is CC(C)=Nc1c(Br)sc(C(=O)N(C)C)c1C. The molecule has 0 radical (unpaired) electrons. The van der Waals surface area contributed by atoms with Gasteiger partial charge >= 0.3 is 0 Å². The van der Waals surface area contributed by atoms with E-state index in [1.807, 2.05) is 20.8 Å². The molecule has 0 aliphatic carbocycles. The third-order valence-electron chi connectivity index (χ3n) is 2.01. The summed E-state index contributed by atoms with van der Waals surface area (Å²) < 4.78 is 0.913. The highest BCUT2D eigenvalue weighted by Crippen LogP contribution is 2.39. The molecule has 1 aromatic rings. The number of amides is 1. The Hall–Kier alpha value is -0.680. The van der Waals surface area contributed by atoms with Crippen molar-refractivity contribution in [3.05, 3.63) is 14.2 Å². The second kappa shape index (κ2) is 5.10. The summed E-state index contributed by atoms with van der Waals surface area (Å²) in [5, 5.41) is 0. The lowest BCUT2D eigenvalue weighted by molar-refractivity contribution is 0.0831. The molecule has 0 bridgehead atoms. The zero-order valence-electron chi connectivity index (χ0n) is 10.1. The number of thiophene rings is 1. The van der Waals surface area contributed by atoms with Gasteiger partial charge in [0.1, 0.15) is 0 Å². The first kappa shape index (κ1) is 13.4. The lowest BCUT2D eigenvalue weighted by atomic mass is 10.2. The molecule has 0 fully saturated rings. The molecule has 0 unspecified atom stereocenters. The second-order valence-electron chi connectivity index (χ2n) is 3.94. The fraction of sp³-hybridized carbons (Fsp3) is 0.455. The van der Waals surface area contributed by atoms with Crippen molar-refractivity contribution < 1.29 is 4.79 Å². The number of hydrogen-bond acceptors (Lipinski definition) is 3. The highest BCUT2D eigenvalue weighted by molar-refractivity contribution is 9.11. The zero-order chi connectivity index (χ0) is 12.5. The van der Waals surface area contributed by atoms with Crippen LogP contribution in [0.1, 0.15) is 29.1 Å². The van der Waals surface area contributed by atoms with Gasteiger partial charge in [0.2, 0.25) is 0 Å². The lowest BCUT2D eigenvalue weighted by Gasteiger charge is -2.08. The van der Waals surface area contributed by atoms with Crippen molar-refractivity contribution in [2.24, 2.45) is 4.99 Å². The van der Waals surface area contributed by atoms with Crippen LogP contribution in [0.5, 0.6) is 0 Å². The van der Waals surface area contributed by atoms with Crippen molar-refractivity contribution in [1.82, 2.24) is 4.90 Å². The van der Waals surface area contributed by atoms with Crippen LogP contribution in [0.3, 0.4) is 0 Å². The van der Waals surface area contributed by atoms with E-state index in [2.05, 4.69) is 20.9 Å². The molecule has 0 saturated carbocycles. The zero-order valence-corrected chi connectivity index (χ0v) is 12.5. The summed E-state index contributed by atoms with van der Waals surface area (Å²) in [5.74, 6) is 0.0263. The highest BCUT2D eigenvalue weighted by atomic mass is 79.9. The number of carbonyl (C=O) groups excluding carboxylic acids is 1. The summed E-state index contributed by atoms with van der Waals surface area (Å²) in [5.41, 5.74) is 2.79. The molecule has 5 heteroatoms. The van der Waals surface area contributed by atoms with E-state index in [1.165, 1.54) is 11.3 Å². The Bertz CT molecular complexity index is 445. The number of aliphatic imine (C=N–C) groups is 1. The molecule has 1 amide bonds. The van der Waals surface area contributed by atoms with Gasteiger partial charge in [-0.3, -0.25) is 9.79 Å². The van der Waals surface area contributed by atoms with Crippen LogP contribution in [0.15, 0.2) is 8.78 Å². The van der Waals surface area contributed by atoms with Crippen LogP contribution >= 0.6 is 27.3 Å². The number of hydrogen-bond donors (Lipinski definition) is 0. The monoisotopic (exact) mass is 302 g/mol. The Labute approximate surface area is 108 Å². The Balaban J connectivity index is 3.27. The van der Waals surface area contributed by atoms with Crippen molar-refractivity contribution in [3.8, 4) is 0 Å². The normalized spacial score (nSPS) is 10.1. The third kappa shape index (κ3) is 2.71. The minimum atomic E-state index is 0.0263. The van der Waals surface area contributed by atoms with E-state index in [-0.39, 0.29) is 5.91 Å². The van der Waals surface area contributed by atoms with Gasteiger partial charge in [0.05, 0.1) is 14.4 Å². The predicted octanol–water partition coefficient (Wildman–Crippen LogP) is 3.63. The van der Waals surface area contributed by atoms with Crippen molar-refractivity contribution in [2.45, 2.75) is 20.8 Å². The molecule has 0 aliphatic rings. The van der Waals surface area contributed by atoms with Crippen molar-refractivity contribution in [3.63, 3.8) is 0 Å². The van der Waals surface area contributed by atoms with Gasteiger partial charge in [-0.1, -0.05) is 0 Å². The first-order valence-electron chi connectivity index (χ1n) is 4.87. The molecule has 16 heavy (non-hydrogen) atoms. The molecule has 0 aromatic carbocycles. The molecule has 3 nitrogen and oxygen atoms in total. The van der Waals surface area contributed by atoms with E-state index in [0.29, 0.717) is 0 Å². The van der Waals surface area contributed by atoms with E-state index in [0.717, 1.165) is 25.6 Å². The maximum Gasteiger partial charge on any atom is 0.263 e. The molecule has 1 rings (SSSR count). The van der Waals surface area contributed by atoms with Crippen LogP contribution in [0.25, 0.3) is 0 Å². The Kier molecular flexibility index (Phi) is 4.27. The smallest absolute Gasteiger partial charge is 0.263 e. The standard InChI is InChI=1S/C11H15BrN2OS/c1-6(2)13-8-7(3)9(16-10(8)12)11(15)14(4)5/h1-5H3. The molecule has 0 N–H and O–H groups in total. The minimum Gasteiger partial charge on any atom is -0.344 e. The van der Waals surface area contributed by atoms with Crippen LogP contribution in [0.2, 0.25) is 0 Å². The molecule has 0 aliphatic heterocycles. The summed E-state index contributed by atoms with van der Waals surface area (Å²) in [6.07, 6.45) is 0. The maximum atomic E-state index is 11.9. The topological polar surface area (TPSA) is 32.7 Å². The fourth-order valence-corrected chi connectivity index (χ4v) is 3.09. The summed E-state index contributed by atoms with van der Waals surface area (Å²) in [6.45, 7) is 5.81. The molecular weight excluding hydrogens is 288 g/mol. The van der Waals surface area contributed by atoms with E-state index in [1.54, 1.807) is 19.0 Å². The quantitative estimate of drug-likeness (QED) is 0.768. The molecular formula is C11H15BrN2OS. The van der Waals surface area contributed by atoms with Gasteiger partial charge in [0.15, 0.2) is 0 Å². The average molecular weight is 303 g/mol. The van der Waals surface area contributed by atoms with Crippen molar-refractivity contribution in [2.75, 3.05) is 14.1 Å². The van der Waals surface area contributed by atoms with Gasteiger partial charge in [-0.2, -0.15) is 0 Å². The Morgan fingerprint density at radius 1 is 1.38 bits per heavy atom. The minimum absolute atomic E-state index is 0.0263. The summed E-state index contributed by atoms with van der Waals surface area (Å²) in [7, 11) is 3.51. The number of nitrogens with zero attached hydrogens (tertiary/aromatic N) is 2. The second-order valence-corrected chi connectivity index (χ2v) is 6.28.